The molecule has 6 heteroatoms. The van der Waals surface area contributed by atoms with Gasteiger partial charge in [0.1, 0.15) is 17.9 Å². The summed E-state index contributed by atoms with van der Waals surface area (Å²) in [6.45, 7) is 1.34. The Morgan fingerprint density at radius 3 is 2.50 bits per heavy atom. The predicted octanol–water partition coefficient (Wildman–Crippen LogP) is 1.79. The number of fused-ring (bicyclic) bond motifs is 1. The molecule has 1 aliphatic rings. The van der Waals surface area contributed by atoms with Gasteiger partial charge in [-0.3, -0.25) is 4.79 Å². The Labute approximate surface area is 142 Å². The van der Waals surface area contributed by atoms with E-state index in [0.29, 0.717) is 18.7 Å². The molecule has 0 fully saturated rings. The maximum absolute atomic E-state index is 12.8. The molecule has 3 rings (SSSR count). The molecule has 24 heavy (non-hydrogen) atoms. The van der Waals surface area contributed by atoms with Crippen LogP contribution in [0, 0.1) is 0 Å². The Kier molecular flexibility index (Phi) is 4.64. The molecule has 0 atom stereocenters. The van der Waals surface area contributed by atoms with Crippen molar-refractivity contribution >= 4 is 11.7 Å². The van der Waals surface area contributed by atoms with Gasteiger partial charge in [-0.2, -0.15) is 0 Å². The van der Waals surface area contributed by atoms with Gasteiger partial charge in [0.15, 0.2) is 0 Å². The zero-order valence-electron chi connectivity index (χ0n) is 14.3. The Morgan fingerprint density at radius 2 is 1.83 bits per heavy atom. The van der Waals surface area contributed by atoms with Crippen LogP contribution in [0.25, 0.3) is 0 Å². The third kappa shape index (κ3) is 3.18. The number of amides is 1. The summed E-state index contributed by atoms with van der Waals surface area (Å²) < 4.78 is 5.15. The number of carbonyl (C=O) groups is 1. The fourth-order valence-electron chi connectivity index (χ4n) is 3.01. The van der Waals surface area contributed by atoms with E-state index in [0.717, 1.165) is 35.7 Å². The fourth-order valence-corrected chi connectivity index (χ4v) is 3.01. The lowest BCUT2D eigenvalue weighted by Crippen LogP contribution is -2.33. The number of aromatic nitrogens is 2. The summed E-state index contributed by atoms with van der Waals surface area (Å²) >= 11 is 0. The number of ether oxygens (including phenoxy) is 1. The van der Waals surface area contributed by atoms with Crippen molar-refractivity contribution in [2.45, 2.75) is 12.8 Å². The van der Waals surface area contributed by atoms with Gasteiger partial charge in [0.05, 0.1) is 12.8 Å². The lowest BCUT2D eigenvalue weighted by atomic mass is 10.1. The van der Waals surface area contributed by atoms with Gasteiger partial charge in [0.2, 0.25) is 0 Å². The molecule has 0 saturated carbocycles. The number of rotatable bonds is 3. The minimum atomic E-state index is 0.0461. The van der Waals surface area contributed by atoms with Crippen LogP contribution in [-0.2, 0) is 12.8 Å². The summed E-state index contributed by atoms with van der Waals surface area (Å²) in [7, 11) is 5.58. The first-order valence-electron chi connectivity index (χ1n) is 8.03. The smallest absolute Gasteiger partial charge is 0.253 e. The quantitative estimate of drug-likeness (QED) is 0.861. The van der Waals surface area contributed by atoms with E-state index in [1.54, 1.807) is 13.4 Å². The Bertz CT molecular complexity index is 728. The molecule has 0 unspecified atom stereocenters. The van der Waals surface area contributed by atoms with Crippen molar-refractivity contribution < 1.29 is 9.53 Å². The van der Waals surface area contributed by atoms with Crippen LogP contribution in [0.5, 0.6) is 5.75 Å². The van der Waals surface area contributed by atoms with Crippen LogP contribution in [0.4, 0.5) is 5.82 Å². The molecule has 0 saturated heterocycles. The first-order valence-corrected chi connectivity index (χ1v) is 8.03. The minimum Gasteiger partial charge on any atom is -0.497 e. The van der Waals surface area contributed by atoms with Crippen LogP contribution in [0.15, 0.2) is 30.6 Å². The molecular weight excluding hydrogens is 304 g/mol. The highest BCUT2D eigenvalue weighted by Gasteiger charge is 2.23. The van der Waals surface area contributed by atoms with E-state index < -0.39 is 0 Å². The van der Waals surface area contributed by atoms with Crippen LogP contribution >= 0.6 is 0 Å². The van der Waals surface area contributed by atoms with Gasteiger partial charge in [-0.05, 0) is 30.7 Å². The third-order valence-electron chi connectivity index (χ3n) is 4.31. The largest absolute Gasteiger partial charge is 0.497 e. The zero-order chi connectivity index (χ0) is 17.1. The Hall–Kier alpha value is -2.63. The fraction of sp³-hybridized carbons (Fsp3) is 0.389. The SMILES string of the molecule is COc1ccc(C(=O)N2CCc3ncnc(N(C)C)c3CC2)cc1. The van der Waals surface area contributed by atoms with Gasteiger partial charge < -0.3 is 14.5 Å². The average molecular weight is 326 g/mol. The molecule has 1 aromatic heterocycles. The van der Waals surface area contributed by atoms with E-state index in [1.165, 1.54) is 0 Å². The first kappa shape index (κ1) is 16.2. The summed E-state index contributed by atoms with van der Waals surface area (Å²) in [5.41, 5.74) is 2.87. The zero-order valence-corrected chi connectivity index (χ0v) is 14.3. The van der Waals surface area contributed by atoms with E-state index in [-0.39, 0.29) is 5.91 Å². The van der Waals surface area contributed by atoms with E-state index >= 15 is 0 Å². The third-order valence-corrected chi connectivity index (χ3v) is 4.31. The molecule has 1 aromatic carbocycles. The molecule has 0 bridgehead atoms. The van der Waals surface area contributed by atoms with Crippen LogP contribution in [0.2, 0.25) is 0 Å². The second-order valence-electron chi connectivity index (χ2n) is 6.04. The summed E-state index contributed by atoms with van der Waals surface area (Å²) in [6, 6.07) is 7.25. The Balaban J connectivity index is 1.78. The van der Waals surface area contributed by atoms with Crippen molar-refractivity contribution in [3.05, 3.63) is 47.4 Å². The number of methoxy groups -OCH3 is 1. The standard InChI is InChI=1S/C18H22N4O2/c1-21(2)17-15-8-10-22(11-9-16(15)19-12-20-17)18(23)13-4-6-14(24-3)7-5-13/h4-7,12H,8-11H2,1-3H3. The minimum absolute atomic E-state index is 0.0461. The predicted molar refractivity (Wildman–Crippen MR) is 92.7 cm³/mol. The molecule has 0 radical (unpaired) electrons. The van der Waals surface area contributed by atoms with Gasteiger partial charge in [0, 0.05) is 44.7 Å². The maximum Gasteiger partial charge on any atom is 0.253 e. The van der Waals surface area contributed by atoms with Crippen LogP contribution in [0.3, 0.4) is 0 Å². The first-order chi connectivity index (χ1) is 11.6. The van der Waals surface area contributed by atoms with Crippen LogP contribution in [0.1, 0.15) is 21.6 Å². The number of hydrogen-bond donors (Lipinski definition) is 0. The normalized spacial score (nSPS) is 13.9. The van der Waals surface area contributed by atoms with Crippen molar-refractivity contribution in [3.8, 4) is 5.75 Å². The highest BCUT2D eigenvalue weighted by molar-refractivity contribution is 5.94. The van der Waals surface area contributed by atoms with E-state index in [4.69, 9.17) is 4.74 Å². The van der Waals surface area contributed by atoms with E-state index in [9.17, 15) is 4.79 Å². The molecule has 6 nitrogen and oxygen atoms in total. The molecule has 1 amide bonds. The second-order valence-corrected chi connectivity index (χ2v) is 6.04. The second kappa shape index (κ2) is 6.86. The van der Waals surface area contributed by atoms with Crippen LogP contribution in [-0.4, -0.2) is 55.1 Å². The number of hydrogen-bond acceptors (Lipinski definition) is 5. The topological polar surface area (TPSA) is 58.6 Å². The summed E-state index contributed by atoms with van der Waals surface area (Å²) in [5.74, 6) is 1.74. The molecule has 0 N–H and O–H groups in total. The molecule has 1 aliphatic heterocycles. The monoisotopic (exact) mass is 326 g/mol. The summed E-state index contributed by atoms with van der Waals surface area (Å²) in [6.07, 6.45) is 3.13. The van der Waals surface area contributed by atoms with Crippen LogP contribution < -0.4 is 9.64 Å². The highest BCUT2D eigenvalue weighted by atomic mass is 16.5. The van der Waals surface area contributed by atoms with E-state index in [1.807, 2.05) is 48.2 Å². The van der Waals surface area contributed by atoms with Gasteiger partial charge >= 0.3 is 0 Å². The van der Waals surface area contributed by atoms with Crippen molar-refractivity contribution in [3.63, 3.8) is 0 Å². The molecular formula is C18H22N4O2. The summed E-state index contributed by atoms with van der Waals surface area (Å²) in [4.78, 5) is 25.5. The number of carbonyl (C=O) groups excluding carboxylic acids is 1. The lowest BCUT2D eigenvalue weighted by Gasteiger charge is -2.20. The molecule has 0 aliphatic carbocycles. The number of nitrogens with zero attached hydrogens (tertiary/aromatic N) is 4. The van der Waals surface area contributed by atoms with Crippen molar-refractivity contribution in [2.24, 2.45) is 0 Å². The highest BCUT2D eigenvalue weighted by Crippen LogP contribution is 2.23. The number of benzene rings is 1. The molecule has 126 valence electrons. The average Bonchev–Trinajstić information content (AvgIpc) is 2.83. The van der Waals surface area contributed by atoms with Crippen molar-refractivity contribution in [1.29, 1.82) is 0 Å². The van der Waals surface area contributed by atoms with Crippen molar-refractivity contribution in [1.82, 2.24) is 14.9 Å². The molecule has 0 spiro atoms. The van der Waals surface area contributed by atoms with Gasteiger partial charge in [0.25, 0.3) is 5.91 Å². The Morgan fingerprint density at radius 1 is 1.12 bits per heavy atom. The van der Waals surface area contributed by atoms with Gasteiger partial charge in [-0.1, -0.05) is 0 Å². The van der Waals surface area contributed by atoms with E-state index in [2.05, 4.69) is 9.97 Å². The number of anilines is 1. The molecule has 2 aromatic rings. The van der Waals surface area contributed by atoms with Crippen molar-refractivity contribution in [2.75, 3.05) is 39.2 Å². The van der Waals surface area contributed by atoms with Gasteiger partial charge in [-0.15, -0.1) is 0 Å². The maximum atomic E-state index is 12.8. The van der Waals surface area contributed by atoms with Gasteiger partial charge in [-0.25, -0.2) is 9.97 Å². The molecule has 2 heterocycles. The summed E-state index contributed by atoms with van der Waals surface area (Å²) in [5, 5.41) is 0. The lowest BCUT2D eigenvalue weighted by molar-refractivity contribution is 0.0763.